The van der Waals surface area contributed by atoms with Gasteiger partial charge < -0.3 is 0 Å². The first kappa shape index (κ1) is 14.7. The zero-order chi connectivity index (χ0) is 11.0. The molecule has 2 heteroatoms. The Kier molecular flexibility index (Phi) is 8.32. The van der Waals surface area contributed by atoms with Gasteiger partial charge in [-0.25, -0.2) is 0 Å². The van der Waals surface area contributed by atoms with Gasteiger partial charge >= 0.3 is 0 Å². The van der Waals surface area contributed by atoms with E-state index >= 15 is 0 Å². The molecular formula is C12H26S2. The Morgan fingerprint density at radius 1 is 1.36 bits per heavy atom. The van der Waals surface area contributed by atoms with Gasteiger partial charge in [0.25, 0.3) is 0 Å². The van der Waals surface area contributed by atoms with E-state index in [2.05, 4.69) is 52.1 Å². The van der Waals surface area contributed by atoms with Crippen LogP contribution < -0.4 is 0 Å². The van der Waals surface area contributed by atoms with E-state index in [1.807, 2.05) is 0 Å². The minimum absolute atomic E-state index is 0.476. The monoisotopic (exact) mass is 234 g/mol. The Balaban J connectivity index is 3.58. The lowest BCUT2D eigenvalue weighted by molar-refractivity contribution is 0.577. The quantitative estimate of drug-likeness (QED) is 0.597. The summed E-state index contributed by atoms with van der Waals surface area (Å²) in [6.45, 7) is 9.37. The van der Waals surface area contributed by atoms with Gasteiger partial charge in [-0.15, -0.1) is 0 Å². The van der Waals surface area contributed by atoms with Crippen molar-refractivity contribution >= 4 is 24.4 Å². The Labute approximate surface area is 100 Å². The van der Waals surface area contributed by atoms with Crippen LogP contribution in [0.25, 0.3) is 0 Å². The molecule has 0 aliphatic heterocycles. The molecule has 0 heterocycles. The largest absolute Gasteiger partial charge is 0.179 e. The molecule has 0 radical (unpaired) electrons. The van der Waals surface area contributed by atoms with Crippen LogP contribution in [0.2, 0.25) is 0 Å². The predicted molar refractivity (Wildman–Crippen MR) is 73.7 cm³/mol. The lowest BCUT2D eigenvalue weighted by atomic mass is 10.1. The molecule has 86 valence electrons. The Hall–Kier alpha value is 0.700. The van der Waals surface area contributed by atoms with E-state index in [0.29, 0.717) is 4.75 Å². The molecule has 0 bridgehead atoms. The Bertz CT molecular complexity index is 132. The first-order valence-corrected chi connectivity index (χ1v) is 7.38. The second kappa shape index (κ2) is 7.92. The van der Waals surface area contributed by atoms with Gasteiger partial charge in [0.15, 0.2) is 0 Å². The topological polar surface area (TPSA) is 0 Å². The standard InChI is InChI=1S/C12H26S2/c1-5-8-12(3,4)14-10-11(2)7-6-9-13/h11,13H,5-10H2,1-4H3. The fraction of sp³-hybridized carbons (Fsp3) is 1.00. The van der Waals surface area contributed by atoms with Crippen LogP contribution in [-0.4, -0.2) is 16.3 Å². The molecule has 0 aromatic carbocycles. The molecule has 0 saturated heterocycles. The molecular weight excluding hydrogens is 208 g/mol. The summed E-state index contributed by atoms with van der Waals surface area (Å²) in [5.74, 6) is 3.19. The van der Waals surface area contributed by atoms with Gasteiger partial charge in [-0.2, -0.15) is 24.4 Å². The molecule has 1 unspecified atom stereocenters. The molecule has 0 aliphatic rings. The first-order valence-electron chi connectivity index (χ1n) is 5.76. The average molecular weight is 234 g/mol. The number of thiol groups is 1. The maximum Gasteiger partial charge on any atom is 0.0103 e. The molecule has 0 amide bonds. The highest BCUT2D eigenvalue weighted by molar-refractivity contribution is 8.00. The van der Waals surface area contributed by atoms with Crippen molar-refractivity contribution in [2.45, 2.75) is 58.1 Å². The zero-order valence-corrected chi connectivity index (χ0v) is 11.9. The average Bonchev–Trinajstić information content (AvgIpc) is 2.11. The van der Waals surface area contributed by atoms with Crippen molar-refractivity contribution in [3.8, 4) is 0 Å². The number of hydrogen-bond acceptors (Lipinski definition) is 2. The Morgan fingerprint density at radius 3 is 2.50 bits per heavy atom. The Morgan fingerprint density at radius 2 is 2.00 bits per heavy atom. The van der Waals surface area contributed by atoms with Crippen LogP contribution in [0.1, 0.15) is 53.4 Å². The molecule has 0 aromatic rings. The van der Waals surface area contributed by atoms with Crippen LogP contribution in [0.4, 0.5) is 0 Å². The SMILES string of the molecule is CCCC(C)(C)SCC(C)CCCS. The lowest BCUT2D eigenvalue weighted by Gasteiger charge is -2.25. The molecule has 0 nitrogen and oxygen atoms in total. The maximum atomic E-state index is 4.25. The summed E-state index contributed by atoms with van der Waals surface area (Å²) in [5, 5.41) is 0. The van der Waals surface area contributed by atoms with E-state index in [9.17, 15) is 0 Å². The van der Waals surface area contributed by atoms with Crippen LogP contribution in [0, 0.1) is 5.92 Å². The molecule has 14 heavy (non-hydrogen) atoms. The van der Waals surface area contributed by atoms with Gasteiger partial charge in [-0.05, 0) is 36.7 Å². The second-order valence-electron chi connectivity index (χ2n) is 4.79. The highest BCUT2D eigenvalue weighted by Gasteiger charge is 2.17. The summed E-state index contributed by atoms with van der Waals surface area (Å²) < 4.78 is 0.476. The lowest BCUT2D eigenvalue weighted by Crippen LogP contribution is -2.16. The van der Waals surface area contributed by atoms with Crippen molar-refractivity contribution in [2.75, 3.05) is 11.5 Å². The van der Waals surface area contributed by atoms with Gasteiger partial charge in [-0.3, -0.25) is 0 Å². The molecule has 0 fully saturated rings. The normalized spacial score (nSPS) is 14.4. The third-order valence-corrected chi connectivity index (χ3v) is 4.50. The number of rotatable bonds is 8. The summed E-state index contributed by atoms with van der Waals surface area (Å²) in [4.78, 5) is 0. The highest BCUT2D eigenvalue weighted by atomic mass is 32.2. The summed E-state index contributed by atoms with van der Waals surface area (Å²) >= 11 is 6.38. The minimum Gasteiger partial charge on any atom is -0.179 e. The summed E-state index contributed by atoms with van der Waals surface area (Å²) in [7, 11) is 0. The molecule has 0 aromatic heterocycles. The van der Waals surface area contributed by atoms with Crippen molar-refractivity contribution in [2.24, 2.45) is 5.92 Å². The molecule has 0 saturated carbocycles. The summed E-state index contributed by atoms with van der Waals surface area (Å²) in [5.41, 5.74) is 0. The van der Waals surface area contributed by atoms with E-state index in [1.54, 1.807) is 0 Å². The summed E-state index contributed by atoms with van der Waals surface area (Å²) in [6.07, 6.45) is 5.22. The predicted octanol–water partition coefficient (Wildman–Crippen LogP) is 4.64. The summed E-state index contributed by atoms with van der Waals surface area (Å²) in [6, 6.07) is 0. The molecule has 0 N–H and O–H groups in total. The molecule has 0 spiro atoms. The maximum absolute atomic E-state index is 4.25. The van der Waals surface area contributed by atoms with E-state index in [0.717, 1.165) is 11.7 Å². The van der Waals surface area contributed by atoms with Crippen molar-refractivity contribution in [3.05, 3.63) is 0 Å². The van der Waals surface area contributed by atoms with E-state index in [-0.39, 0.29) is 0 Å². The number of hydrogen-bond donors (Lipinski definition) is 1. The van der Waals surface area contributed by atoms with Crippen LogP contribution in [-0.2, 0) is 0 Å². The third-order valence-electron chi connectivity index (χ3n) is 2.47. The fourth-order valence-electron chi connectivity index (χ4n) is 1.57. The van der Waals surface area contributed by atoms with Crippen molar-refractivity contribution in [3.63, 3.8) is 0 Å². The smallest absolute Gasteiger partial charge is 0.0103 e. The van der Waals surface area contributed by atoms with Crippen LogP contribution in [0.5, 0.6) is 0 Å². The van der Waals surface area contributed by atoms with Crippen molar-refractivity contribution < 1.29 is 0 Å². The molecule has 0 rings (SSSR count). The zero-order valence-electron chi connectivity index (χ0n) is 10.2. The van der Waals surface area contributed by atoms with Crippen molar-refractivity contribution in [1.29, 1.82) is 0 Å². The van der Waals surface area contributed by atoms with E-state index in [4.69, 9.17) is 0 Å². The third kappa shape index (κ3) is 8.05. The fourth-order valence-corrected chi connectivity index (χ4v) is 3.00. The van der Waals surface area contributed by atoms with Gasteiger partial charge in [-0.1, -0.05) is 34.1 Å². The first-order chi connectivity index (χ1) is 6.52. The van der Waals surface area contributed by atoms with Crippen LogP contribution in [0.15, 0.2) is 0 Å². The van der Waals surface area contributed by atoms with Gasteiger partial charge in [0.2, 0.25) is 0 Å². The van der Waals surface area contributed by atoms with E-state index in [1.165, 1.54) is 31.4 Å². The minimum atomic E-state index is 0.476. The molecule has 1 atom stereocenters. The number of thioether (sulfide) groups is 1. The van der Waals surface area contributed by atoms with Gasteiger partial charge in [0.05, 0.1) is 0 Å². The van der Waals surface area contributed by atoms with Crippen molar-refractivity contribution in [1.82, 2.24) is 0 Å². The van der Waals surface area contributed by atoms with Crippen LogP contribution >= 0.6 is 24.4 Å². The van der Waals surface area contributed by atoms with Crippen LogP contribution in [0.3, 0.4) is 0 Å². The van der Waals surface area contributed by atoms with Gasteiger partial charge in [0, 0.05) is 4.75 Å². The van der Waals surface area contributed by atoms with Gasteiger partial charge in [0.1, 0.15) is 0 Å². The molecule has 0 aliphatic carbocycles. The second-order valence-corrected chi connectivity index (χ2v) is 6.97. The highest BCUT2D eigenvalue weighted by Crippen LogP contribution is 2.31. The van der Waals surface area contributed by atoms with E-state index < -0.39 is 0 Å².